The molecule has 1 saturated heterocycles. The second-order valence-corrected chi connectivity index (χ2v) is 14.5. The number of rotatable bonds is 5. The van der Waals surface area contributed by atoms with Crippen LogP contribution in [0.15, 0.2) is 0 Å². The Morgan fingerprint density at radius 3 is 2.08 bits per heavy atom. The lowest BCUT2D eigenvalue weighted by Crippen LogP contribution is -2.48. The van der Waals surface area contributed by atoms with Crippen LogP contribution in [0.1, 0.15) is 54.9 Å². The molecule has 0 bridgehead atoms. The lowest BCUT2D eigenvalue weighted by molar-refractivity contribution is -0.122. The summed E-state index contributed by atoms with van der Waals surface area (Å²) in [6.45, 7) is 17.8. The second-order valence-electron chi connectivity index (χ2n) is 9.71. The van der Waals surface area contributed by atoms with Crippen molar-refractivity contribution in [1.82, 2.24) is 4.90 Å². The molecule has 6 nitrogen and oxygen atoms in total. The minimum atomic E-state index is -1.99. The maximum atomic E-state index is 12.6. The van der Waals surface area contributed by atoms with Gasteiger partial charge in [-0.1, -0.05) is 20.8 Å². The molecule has 0 aromatic carbocycles. The summed E-state index contributed by atoms with van der Waals surface area (Å²) in [4.78, 5) is 37.8. The molecule has 150 valence electrons. The van der Waals surface area contributed by atoms with Gasteiger partial charge >= 0.3 is 6.09 Å². The van der Waals surface area contributed by atoms with Gasteiger partial charge in [-0.25, -0.2) is 4.79 Å². The number of ether oxygens (including phenoxy) is 1. The number of likely N-dealkylation sites (tertiary alicyclic amines) is 1. The van der Waals surface area contributed by atoms with Gasteiger partial charge in [-0.2, -0.15) is 0 Å². The standard InChI is InChI=1S/C19H35NO5Si/c1-13(22)15-10-14(12-24-26(8,9)19(5,6)7)16(11-21)20(15)17(23)25-18(2,3)4/h11,14-16H,10,12H2,1-9H3/t14-,15+,16+/m0/s1. The van der Waals surface area contributed by atoms with Crippen LogP contribution in [0.2, 0.25) is 18.1 Å². The Bertz CT molecular complexity index is 547. The predicted octanol–water partition coefficient (Wildman–Crippen LogP) is 3.79. The van der Waals surface area contributed by atoms with Gasteiger partial charge in [0.25, 0.3) is 0 Å². The summed E-state index contributed by atoms with van der Waals surface area (Å²) >= 11 is 0. The number of amides is 1. The molecule has 1 fully saturated rings. The molecule has 7 heteroatoms. The van der Waals surface area contributed by atoms with Crippen LogP contribution in [0.5, 0.6) is 0 Å². The number of Topliss-reactive ketones (excluding diaryl/α,β-unsaturated/α-hetero) is 1. The van der Waals surface area contributed by atoms with Crippen molar-refractivity contribution in [2.45, 2.75) is 90.7 Å². The summed E-state index contributed by atoms with van der Waals surface area (Å²) in [6.07, 6.45) is 0.545. The molecular formula is C19H35NO5Si. The highest BCUT2D eigenvalue weighted by Crippen LogP contribution is 2.38. The zero-order valence-corrected chi connectivity index (χ0v) is 18.7. The lowest BCUT2D eigenvalue weighted by atomic mass is 10.00. The molecule has 0 aromatic rings. The van der Waals surface area contributed by atoms with Crippen LogP contribution in [0.25, 0.3) is 0 Å². The minimum Gasteiger partial charge on any atom is -0.444 e. The Labute approximate surface area is 158 Å². The molecule has 3 atom stereocenters. The van der Waals surface area contributed by atoms with Gasteiger partial charge in [0.05, 0.1) is 12.1 Å². The monoisotopic (exact) mass is 385 g/mol. The number of nitrogens with zero attached hydrogens (tertiary/aromatic N) is 1. The molecule has 1 aliphatic heterocycles. The molecule has 0 N–H and O–H groups in total. The molecule has 0 spiro atoms. The number of ketones is 1. The van der Waals surface area contributed by atoms with Gasteiger partial charge in [0.15, 0.2) is 14.1 Å². The van der Waals surface area contributed by atoms with Crippen LogP contribution in [0, 0.1) is 5.92 Å². The van der Waals surface area contributed by atoms with E-state index >= 15 is 0 Å². The van der Waals surface area contributed by atoms with Crippen LogP contribution in [0.4, 0.5) is 4.79 Å². The number of carbonyl (C=O) groups is 3. The third kappa shape index (κ3) is 5.39. The summed E-state index contributed by atoms with van der Waals surface area (Å²) in [7, 11) is -1.99. The molecule has 0 aliphatic carbocycles. The fourth-order valence-electron chi connectivity index (χ4n) is 2.78. The molecular weight excluding hydrogens is 350 g/mol. The number of hydrogen-bond donors (Lipinski definition) is 0. The zero-order chi connectivity index (χ0) is 20.5. The summed E-state index contributed by atoms with van der Waals surface area (Å²) in [5.41, 5.74) is -0.693. The van der Waals surface area contributed by atoms with Crippen LogP contribution in [-0.2, 0) is 18.8 Å². The molecule has 1 aliphatic rings. The summed E-state index contributed by atoms with van der Waals surface area (Å²) in [6, 6.07) is -1.35. The van der Waals surface area contributed by atoms with Crippen molar-refractivity contribution < 1.29 is 23.5 Å². The van der Waals surface area contributed by atoms with E-state index in [0.29, 0.717) is 13.0 Å². The Hall–Kier alpha value is -1.21. The zero-order valence-electron chi connectivity index (χ0n) is 17.7. The fourth-order valence-corrected chi connectivity index (χ4v) is 3.84. The number of carbonyl (C=O) groups excluding carboxylic acids is 3. The lowest BCUT2D eigenvalue weighted by Gasteiger charge is -2.37. The van der Waals surface area contributed by atoms with Crippen molar-refractivity contribution in [2.75, 3.05) is 6.61 Å². The van der Waals surface area contributed by atoms with E-state index in [2.05, 4.69) is 33.9 Å². The van der Waals surface area contributed by atoms with Gasteiger partial charge < -0.3 is 14.0 Å². The summed E-state index contributed by atoms with van der Waals surface area (Å²) in [5, 5.41) is 0.0487. The van der Waals surface area contributed by atoms with E-state index in [1.165, 1.54) is 11.8 Å². The first-order chi connectivity index (χ1) is 11.6. The molecule has 0 saturated carbocycles. The SMILES string of the molecule is CC(=O)[C@H]1C[C@@H](CO[Si](C)(C)C(C)(C)C)[C@@H](C=O)N1C(=O)OC(C)(C)C. The number of hydrogen-bond acceptors (Lipinski definition) is 5. The van der Waals surface area contributed by atoms with E-state index in [1.807, 2.05) is 0 Å². The van der Waals surface area contributed by atoms with E-state index in [9.17, 15) is 14.4 Å². The first-order valence-electron chi connectivity index (χ1n) is 9.22. The van der Waals surface area contributed by atoms with E-state index in [0.717, 1.165) is 6.29 Å². The summed E-state index contributed by atoms with van der Waals surface area (Å²) < 4.78 is 11.7. The normalized spacial score (nSPS) is 24.5. The average Bonchev–Trinajstić information content (AvgIpc) is 2.81. The predicted molar refractivity (Wildman–Crippen MR) is 104 cm³/mol. The maximum absolute atomic E-state index is 12.6. The van der Waals surface area contributed by atoms with E-state index in [4.69, 9.17) is 9.16 Å². The molecule has 0 unspecified atom stereocenters. The molecule has 0 aromatic heterocycles. The third-order valence-corrected chi connectivity index (χ3v) is 9.84. The molecule has 1 heterocycles. The smallest absolute Gasteiger partial charge is 0.411 e. The van der Waals surface area contributed by atoms with E-state index < -0.39 is 32.1 Å². The molecule has 0 radical (unpaired) electrons. The van der Waals surface area contributed by atoms with Gasteiger partial charge in [-0.3, -0.25) is 9.69 Å². The van der Waals surface area contributed by atoms with Gasteiger partial charge in [0, 0.05) is 12.5 Å². The van der Waals surface area contributed by atoms with Crippen molar-refractivity contribution in [3.63, 3.8) is 0 Å². The van der Waals surface area contributed by atoms with Crippen molar-refractivity contribution in [2.24, 2.45) is 5.92 Å². The highest BCUT2D eigenvalue weighted by Gasteiger charge is 2.48. The quantitative estimate of drug-likeness (QED) is 0.532. The molecule has 1 amide bonds. The van der Waals surface area contributed by atoms with Gasteiger partial charge in [-0.15, -0.1) is 0 Å². The first kappa shape index (κ1) is 22.8. The van der Waals surface area contributed by atoms with Gasteiger partial charge in [0.2, 0.25) is 0 Å². The Balaban J connectivity index is 3.01. The van der Waals surface area contributed by atoms with Crippen molar-refractivity contribution in [3.05, 3.63) is 0 Å². The maximum Gasteiger partial charge on any atom is 0.411 e. The van der Waals surface area contributed by atoms with Crippen LogP contribution in [0.3, 0.4) is 0 Å². The minimum absolute atomic E-state index is 0.0487. The Morgan fingerprint density at radius 2 is 1.69 bits per heavy atom. The topological polar surface area (TPSA) is 72.9 Å². The van der Waals surface area contributed by atoms with Gasteiger partial charge in [-0.05, 0) is 52.2 Å². The average molecular weight is 386 g/mol. The van der Waals surface area contributed by atoms with Crippen LogP contribution in [-0.4, -0.2) is 55.7 Å². The van der Waals surface area contributed by atoms with Crippen LogP contribution < -0.4 is 0 Å². The molecule has 26 heavy (non-hydrogen) atoms. The van der Waals surface area contributed by atoms with Crippen molar-refractivity contribution in [3.8, 4) is 0 Å². The fraction of sp³-hybridized carbons (Fsp3) is 0.842. The third-order valence-electron chi connectivity index (χ3n) is 5.34. The summed E-state index contributed by atoms with van der Waals surface area (Å²) in [5.74, 6) is -0.347. The number of aldehydes is 1. The van der Waals surface area contributed by atoms with E-state index in [1.54, 1.807) is 20.8 Å². The Kier molecular flexibility index (Phi) is 6.85. The van der Waals surface area contributed by atoms with Crippen molar-refractivity contribution in [1.29, 1.82) is 0 Å². The molecule has 1 rings (SSSR count). The Morgan fingerprint density at radius 1 is 1.15 bits per heavy atom. The van der Waals surface area contributed by atoms with Crippen LogP contribution >= 0.6 is 0 Å². The van der Waals surface area contributed by atoms with Gasteiger partial charge in [0.1, 0.15) is 11.9 Å². The largest absolute Gasteiger partial charge is 0.444 e. The highest BCUT2D eigenvalue weighted by atomic mass is 28.4. The van der Waals surface area contributed by atoms with Crippen molar-refractivity contribution >= 4 is 26.5 Å². The second kappa shape index (κ2) is 7.80. The first-order valence-corrected chi connectivity index (χ1v) is 12.1. The highest BCUT2D eigenvalue weighted by molar-refractivity contribution is 6.74. The van der Waals surface area contributed by atoms with E-state index in [-0.39, 0.29) is 16.7 Å².